The predicted octanol–water partition coefficient (Wildman–Crippen LogP) is 4.43. The molecular weight excluding hydrogens is 402 g/mol. The van der Waals surface area contributed by atoms with Gasteiger partial charge in [0.05, 0.1) is 22.4 Å². The molecule has 3 rings (SSSR count). The number of ether oxygens (including phenoxy) is 2. The van der Waals surface area contributed by atoms with Crippen LogP contribution in [0.1, 0.15) is 40.2 Å². The molecule has 6 nitrogen and oxygen atoms in total. The van der Waals surface area contributed by atoms with E-state index >= 15 is 0 Å². The summed E-state index contributed by atoms with van der Waals surface area (Å²) in [5.74, 6) is 0. The summed E-state index contributed by atoms with van der Waals surface area (Å²) >= 11 is 0. The summed E-state index contributed by atoms with van der Waals surface area (Å²) in [7, 11) is -3.56. The minimum atomic E-state index is -3.56. The Morgan fingerprint density at radius 1 is 1.07 bits per heavy atom. The van der Waals surface area contributed by atoms with Gasteiger partial charge in [0, 0.05) is 0 Å². The molecule has 0 bridgehead atoms. The number of benzene rings is 2. The van der Waals surface area contributed by atoms with Crippen LogP contribution in [0.25, 0.3) is 0 Å². The van der Waals surface area contributed by atoms with Crippen LogP contribution in [0.3, 0.4) is 0 Å². The van der Waals surface area contributed by atoms with E-state index in [1.807, 2.05) is 34.6 Å². The number of rotatable bonds is 4. The first-order valence-corrected chi connectivity index (χ1v) is 11.4. The van der Waals surface area contributed by atoms with Gasteiger partial charge in [-0.1, -0.05) is 30.3 Å². The molecule has 1 aliphatic heterocycles. The summed E-state index contributed by atoms with van der Waals surface area (Å²) < 4.78 is 36.9. The number of sulfone groups is 1. The van der Waals surface area contributed by atoms with Gasteiger partial charge in [0.15, 0.2) is 0 Å². The van der Waals surface area contributed by atoms with Crippen molar-refractivity contribution in [2.75, 3.05) is 6.61 Å². The van der Waals surface area contributed by atoms with Crippen LogP contribution in [0.4, 0.5) is 4.79 Å². The first kappa shape index (κ1) is 22.3. The Morgan fingerprint density at radius 2 is 1.63 bits per heavy atom. The Kier molecular flexibility index (Phi) is 5.98. The number of carbonyl (C=O) groups is 1. The van der Waals surface area contributed by atoms with Gasteiger partial charge in [-0.05, 0) is 70.9 Å². The van der Waals surface area contributed by atoms with Crippen LogP contribution < -0.4 is 0 Å². The molecule has 162 valence electrons. The number of hydrogen-bond acceptors (Lipinski definition) is 5. The van der Waals surface area contributed by atoms with Crippen LogP contribution in [0.2, 0.25) is 0 Å². The lowest BCUT2D eigenvalue weighted by Gasteiger charge is -2.35. The predicted molar refractivity (Wildman–Crippen MR) is 114 cm³/mol. The Labute approximate surface area is 178 Å². The minimum absolute atomic E-state index is 0.202. The minimum Gasteiger partial charge on any atom is -0.444 e. The normalized spacial score (nSPS) is 19.0. The first-order valence-electron chi connectivity index (χ1n) is 9.95. The Bertz CT molecular complexity index is 992. The topological polar surface area (TPSA) is 72.9 Å². The molecule has 2 aromatic rings. The van der Waals surface area contributed by atoms with Crippen molar-refractivity contribution in [1.29, 1.82) is 0 Å². The summed E-state index contributed by atoms with van der Waals surface area (Å²) in [5, 5.41) is 0. The molecule has 0 aromatic heterocycles. The van der Waals surface area contributed by atoms with Crippen LogP contribution in [-0.4, -0.2) is 43.4 Å². The smallest absolute Gasteiger partial charge is 0.412 e. The van der Waals surface area contributed by atoms with E-state index in [0.717, 1.165) is 5.56 Å². The molecule has 0 saturated carbocycles. The molecule has 0 spiro atoms. The average Bonchev–Trinajstić information content (AvgIpc) is 2.95. The SMILES string of the molecule is CC(C)(C)OC(=O)N1C(Cc2ccc(S(=O)(=O)c3ccccc3)cc2)COC1(C)C. The van der Waals surface area contributed by atoms with Gasteiger partial charge in [-0.3, -0.25) is 4.90 Å². The van der Waals surface area contributed by atoms with Crippen molar-refractivity contribution in [1.82, 2.24) is 4.90 Å². The second kappa shape index (κ2) is 8.04. The molecule has 7 heteroatoms. The lowest BCUT2D eigenvalue weighted by atomic mass is 10.1. The molecule has 0 radical (unpaired) electrons. The zero-order valence-corrected chi connectivity index (χ0v) is 18.9. The maximum absolute atomic E-state index is 12.8. The molecule has 0 aliphatic carbocycles. The molecule has 1 amide bonds. The van der Waals surface area contributed by atoms with Crippen molar-refractivity contribution >= 4 is 15.9 Å². The van der Waals surface area contributed by atoms with Gasteiger partial charge in [0.25, 0.3) is 0 Å². The molecule has 30 heavy (non-hydrogen) atoms. The summed E-state index contributed by atoms with van der Waals surface area (Å²) in [6.45, 7) is 9.55. The third-order valence-electron chi connectivity index (χ3n) is 4.92. The van der Waals surface area contributed by atoms with Gasteiger partial charge in [-0.15, -0.1) is 0 Å². The highest BCUT2D eigenvalue weighted by molar-refractivity contribution is 7.91. The van der Waals surface area contributed by atoms with E-state index in [-0.39, 0.29) is 15.8 Å². The Balaban J connectivity index is 1.78. The highest BCUT2D eigenvalue weighted by Gasteiger charge is 2.45. The molecule has 1 saturated heterocycles. The van der Waals surface area contributed by atoms with Crippen LogP contribution >= 0.6 is 0 Å². The molecule has 0 N–H and O–H groups in total. The lowest BCUT2D eigenvalue weighted by molar-refractivity contribution is -0.0624. The molecule has 1 fully saturated rings. The van der Waals surface area contributed by atoms with Gasteiger partial charge >= 0.3 is 6.09 Å². The molecule has 1 aliphatic rings. The first-order chi connectivity index (χ1) is 13.9. The zero-order chi connectivity index (χ0) is 22.2. The maximum Gasteiger partial charge on any atom is 0.412 e. The molecule has 2 aromatic carbocycles. The zero-order valence-electron chi connectivity index (χ0n) is 18.1. The molecule has 1 unspecified atom stereocenters. The highest BCUT2D eigenvalue weighted by atomic mass is 32.2. The monoisotopic (exact) mass is 431 g/mol. The second-order valence-electron chi connectivity index (χ2n) is 8.93. The highest BCUT2D eigenvalue weighted by Crippen LogP contribution is 2.31. The van der Waals surface area contributed by atoms with E-state index in [9.17, 15) is 13.2 Å². The Morgan fingerprint density at radius 3 is 2.20 bits per heavy atom. The number of amides is 1. The van der Waals surface area contributed by atoms with Crippen molar-refractivity contribution in [3.05, 3.63) is 60.2 Å². The fourth-order valence-corrected chi connectivity index (χ4v) is 4.81. The molecular formula is C23H29NO5S. The van der Waals surface area contributed by atoms with E-state index in [1.54, 1.807) is 59.5 Å². The van der Waals surface area contributed by atoms with E-state index in [4.69, 9.17) is 9.47 Å². The van der Waals surface area contributed by atoms with Gasteiger partial charge < -0.3 is 9.47 Å². The fourth-order valence-electron chi connectivity index (χ4n) is 3.53. The van der Waals surface area contributed by atoms with Crippen LogP contribution in [0.5, 0.6) is 0 Å². The summed E-state index contributed by atoms with van der Waals surface area (Å²) in [6, 6.07) is 14.9. The van der Waals surface area contributed by atoms with Crippen molar-refractivity contribution in [3.8, 4) is 0 Å². The maximum atomic E-state index is 12.8. The Hall–Kier alpha value is -2.38. The largest absolute Gasteiger partial charge is 0.444 e. The van der Waals surface area contributed by atoms with E-state index in [2.05, 4.69) is 0 Å². The number of hydrogen-bond donors (Lipinski definition) is 0. The van der Waals surface area contributed by atoms with Gasteiger partial charge in [0.1, 0.15) is 11.3 Å². The molecule has 1 atom stereocenters. The van der Waals surface area contributed by atoms with Gasteiger partial charge in [-0.2, -0.15) is 0 Å². The van der Waals surface area contributed by atoms with Crippen LogP contribution in [0, 0.1) is 0 Å². The van der Waals surface area contributed by atoms with Crippen LogP contribution in [0.15, 0.2) is 64.4 Å². The number of carbonyl (C=O) groups excluding carboxylic acids is 1. The standard InChI is InChI=1S/C23H29NO5S/c1-22(2,3)29-21(25)24-18(16-28-23(24,4)5)15-17-11-13-20(14-12-17)30(26,27)19-9-7-6-8-10-19/h6-14,18H,15-16H2,1-5H3. The average molecular weight is 432 g/mol. The summed E-state index contributed by atoms with van der Waals surface area (Å²) in [6.07, 6.45) is 0.118. The van der Waals surface area contributed by atoms with Gasteiger partial charge in [0.2, 0.25) is 9.84 Å². The van der Waals surface area contributed by atoms with E-state index < -0.39 is 27.3 Å². The van der Waals surface area contributed by atoms with Crippen LogP contribution in [-0.2, 0) is 25.7 Å². The van der Waals surface area contributed by atoms with E-state index in [1.165, 1.54) is 0 Å². The van der Waals surface area contributed by atoms with Crippen molar-refractivity contribution < 1.29 is 22.7 Å². The third-order valence-corrected chi connectivity index (χ3v) is 6.71. The second-order valence-corrected chi connectivity index (χ2v) is 10.9. The fraction of sp³-hybridized carbons (Fsp3) is 0.435. The van der Waals surface area contributed by atoms with E-state index in [0.29, 0.717) is 13.0 Å². The van der Waals surface area contributed by atoms with Gasteiger partial charge in [-0.25, -0.2) is 13.2 Å². The number of nitrogens with zero attached hydrogens (tertiary/aromatic N) is 1. The van der Waals surface area contributed by atoms with Crippen molar-refractivity contribution in [2.45, 2.75) is 68.2 Å². The summed E-state index contributed by atoms with van der Waals surface area (Å²) in [5.41, 5.74) is -0.459. The lowest BCUT2D eigenvalue weighted by Crippen LogP contribution is -2.50. The quantitative estimate of drug-likeness (QED) is 0.716. The van der Waals surface area contributed by atoms with Crippen molar-refractivity contribution in [2.24, 2.45) is 0 Å². The third kappa shape index (κ3) is 4.84. The van der Waals surface area contributed by atoms with Crippen molar-refractivity contribution in [3.63, 3.8) is 0 Å². The summed E-state index contributed by atoms with van der Waals surface area (Å²) in [4.78, 5) is 14.9. The molecule has 1 heterocycles.